The smallest absolute Gasteiger partial charge is 0.246 e. The Balaban J connectivity index is 1.49. The van der Waals surface area contributed by atoms with E-state index in [0.717, 1.165) is 16.2 Å². The van der Waals surface area contributed by atoms with Crippen LogP contribution in [0.15, 0.2) is 42.5 Å². The van der Waals surface area contributed by atoms with Crippen molar-refractivity contribution in [2.24, 2.45) is 0 Å². The van der Waals surface area contributed by atoms with Crippen molar-refractivity contribution < 1.29 is 27.1 Å². The Morgan fingerprint density at radius 1 is 1.00 bits per heavy atom. The van der Waals surface area contributed by atoms with E-state index in [1.54, 1.807) is 42.2 Å². The topological polar surface area (TPSA) is 79.4 Å². The Kier molecular flexibility index (Phi) is 6.14. The lowest BCUT2D eigenvalue weighted by Gasteiger charge is -2.39. The van der Waals surface area contributed by atoms with E-state index in [9.17, 15) is 17.6 Å². The van der Waals surface area contributed by atoms with Crippen LogP contribution in [0.5, 0.6) is 11.5 Å². The summed E-state index contributed by atoms with van der Waals surface area (Å²) in [6.45, 7) is 4.44. The van der Waals surface area contributed by atoms with E-state index in [2.05, 4.69) is 4.90 Å². The third kappa shape index (κ3) is 4.59. The van der Waals surface area contributed by atoms with Gasteiger partial charge in [0.05, 0.1) is 11.9 Å². The number of halogens is 1. The summed E-state index contributed by atoms with van der Waals surface area (Å²) in [4.78, 5) is 17.0. The molecule has 0 saturated carbocycles. The molecule has 2 aliphatic rings. The zero-order valence-corrected chi connectivity index (χ0v) is 18.8. The Morgan fingerprint density at radius 3 is 2.25 bits per heavy atom. The molecule has 172 valence electrons. The number of rotatable bonds is 5. The molecular weight excluding hydrogens is 437 g/mol. The SMILES string of the molecule is C[C@@H](C(=O)N1CCN(c2ccc(F)cc2)CC1)N(c1ccc2c(c1)OCCO2)S(C)(=O)=O. The minimum atomic E-state index is -3.74. The Hall–Kier alpha value is -3.01. The molecule has 1 fully saturated rings. The van der Waals surface area contributed by atoms with Crippen LogP contribution in [0.3, 0.4) is 0 Å². The van der Waals surface area contributed by atoms with Crippen molar-refractivity contribution in [3.8, 4) is 11.5 Å². The summed E-state index contributed by atoms with van der Waals surface area (Å²) in [5.74, 6) is 0.430. The van der Waals surface area contributed by atoms with Gasteiger partial charge in [-0.3, -0.25) is 9.10 Å². The van der Waals surface area contributed by atoms with Crippen LogP contribution in [0.1, 0.15) is 6.92 Å². The molecule has 10 heteroatoms. The normalized spacial score (nSPS) is 17.1. The molecule has 0 aromatic heterocycles. The maximum Gasteiger partial charge on any atom is 0.246 e. The van der Waals surface area contributed by atoms with Crippen LogP contribution >= 0.6 is 0 Å². The van der Waals surface area contributed by atoms with Gasteiger partial charge in [0.1, 0.15) is 25.1 Å². The van der Waals surface area contributed by atoms with Crippen molar-refractivity contribution in [3.05, 3.63) is 48.3 Å². The molecule has 0 aliphatic carbocycles. The molecule has 0 spiro atoms. The second-order valence-corrected chi connectivity index (χ2v) is 9.71. The van der Waals surface area contributed by atoms with Crippen LogP contribution in [0, 0.1) is 5.82 Å². The van der Waals surface area contributed by atoms with Gasteiger partial charge in [-0.25, -0.2) is 12.8 Å². The number of fused-ring (bicyclic) bond motifs is 1. The summed E-state index contributed by atoms with van der Waals surface area (Å²) >= 11 is 0. The second-order valence-electron chi connectivity index (χ2n) is 7.85. The van der Waals surface area contributed by atoms with Gasteiger partial charge in [0.2, 0.25) is 15.9 Å². The van der Waals surface area contributed by atoms with Crippen molar-refractivity contribution in [2.75, 3.05) is 54.9 Å². The van der Waals surface area contributed by atoms with Gasteiger partial charge >= 0.3 is 0 Å². The molecule has 0 unspecified atom stereocenters. The quantitative estimate of drug-likeness (QED) is 0.676. The van der Waals surface area contributed by atoms with E-state index in [0.29, 0.717) is 56.6 Å². The number of sulfonamides is 1. The molecule has 0 radical (unpaired) electrons. The number of benzene rings is 2. The average Bonchev–Trinajstić information content (AvgIpc) is 2.78. The standard InChI is InChI=1S/C22H26FN3O5S/c1-16(22(27)25-11-9-24(10-12-25)18-5-3-17(23)4-6-18)26(32(2,28)29)19-7-8-20-21(15-19)31-14-13-30-20/h3-8,15-16H,9-14H2,1-2H3/t16-/m0/s1. The first-order valence-electron chi connectivity index (χ1n) is 10.4. The molecule has 4 rings (SSSR count). The maximum atomic E-state index is 13.2. The molecule has 1 atom stereocenters. The lowest BCUT2D eigenvalue weighted by molar-refractivity contribution is -0.132. The third-order valence-electron chi connectivity index (χ3n) is 5.63. The Bertz CT molecular complexity index is 1090. The van der Waals surface area contributed by atoms with Crippen molar-refractivity contribution in [1.82, 2.24) is 4.90 Å². The second kappa shape index (κ2) is 8.85. The molecule has 1 saturated heterocycles. The first-order chi connectivity index (χ1) is 15.2. The highest BCUT2D eigenvalue weighted by atomic mass is 32.2. The fourth-order valence-corrected chi connectivity index (χ4v) is 5.23. The van der Waals surface area contributed by atoms with Gasteiger partial charge in [0, 0.05) is 37.9 Å². The van der Waals surface area contributed by atoms with Crippen molar-refractivity contribution >= 4 is 27.3 Å². The molecule has 2 aromatic rings. The van der Waals surface area contributed by atoms with Crippen LogP contribution < -0.4 is 18.7 Å². The fourth-order valence-electron chi connectivity index (χ4n) is 4.07. The number of ether oxygens (including phenoxy) is 2. The van der Waals surface area contributed by atoms with E-state index in [4.69, 9.17) is 9.47 Å². The highest BCUT2D eigenvalue weighted by Crippen LogP contribution is 2.35. The van der Waals surface area contributed by atoms with Crippen LogP contribution in [0.25, 0.3) is 0 Å². The molecule has 2 aliphatic heterocycles. The number of hydrogen-bond donors (Lipinski definition) is 0. The van der Waals surface area contributed by atoms with E-state index in [-0.39, 0.29) is 11.7 Å². The maximum absolute atomic E-state index is 13.2. The van der Waals surface area contributed by atoms with Crippen LogP contribution in [-0.4, -0.2) is 70.9 Å². The number of hydrogen-bond acceptors (Lipinski definition) is 6. The van der Waals surface area contributed by atoms with Gasteiger partial charge in [-0.05, 0) is 43.3 Å². The summed E-state index contributed by atoms with van der Waals surface area (Å²) in [7, 11) is -3.74. The van der Waals surface area contributed by atoms with Crippen LogP contribution in [0.2, 0.25) is 0 Å². The van der Waals surface area contributed by atoms with Crippen molar-refractivity contribution in [3.63, 3.8) is 0 Å². The summed E-state index contributed by atoms with van der Waals surface area (Å²) in [6, 6.07) is 10.2. The molecule has 2 aromatic carbocycles. The van der Waals surface area contributed by atoms with Crippen molar-refractivity contribution in [2.45, 2.75) is 13.0 Å². The van der Waals surface area contributed by atoms with Gasteiger partial charge in [0.25, 0.3) is 0 Å². The molecule has 8 nitrogen and oxygen atoms in total. The molecule has 2 heterocycles. The first kappa shape index (κ1) is 22.2. The highest BCUT2D eigenvalue weighted by molar-refractivity contribution is 7.92. The van der Waals surface area contributed by atoms with E-state index in [1.165, 1.54) is 12.1 Å². The van der Waals surface area contributed by atoms with E-state index in [1.807, 2.05) is 0 Å². The number of piperazine rings is 1. The number of carbonyl (C=O) groups is 1. The summed E-state index contributed by atoms with van der Waals surface area (Å²) in [6.07, 6.45) is 1.08. The summed E-state index contributed by atoms with van der Waals surface area (Å²) in [5.41, 5.74) is 1.24. The lowest BCUT2D eigenvalue weighted by Crippen LogP contribution is -2.55. The lowest BCUT2D eigenvalue weighted by atomic mass is 10.2. The zero-order chi connectivity index (χ0) is 22.9. The minimum Gasteiger partial charge on any atom is -0.486 e. The summed E-state index contributed by atoms with van der Waals surface area (Å²) < 4.78 is 50.7. The zero-order valence-electron chi connectivity index (χ0n) is 18.0. The van der Waals surface area contributed by atoms with Gasteiger partial charge in [-0.15, -0.1) is 0 Å². The highest BCUT2D eigenvalue weighted by Gasteiger charge is 2.34. The number of amides is 1. The molecular formula is C22H26FN3O5S. The Morgan fingerprint density at radius 2 is 1.62 bits per heavy atom. The number of carbonyl (C=O) groups excluding carboxylic acids is 1. The predicted molar refractivity (Wildman–Crippen MR) is 119 cm³/mol. The van der Waals surface area contributed by atoms with Gasteiger partial charge in [-0.1, -0.05) is 0 Å². The van der Waals surface area contributed by atoms with Crippen LogP contribution in [0.4, 0.5) is 15.8 Å². The molecule has 0 N–H and O–H groups in total. The molecule has 1 amide bonds. The molecule has 0 bridgehead atoms. The summed E-state index contributed by atoms with van der Waals surface area (Å²) in [5, 5.41) is 0. The minimum absolute atomic E-state index is 0.274. The van der Waals surface area contributed by atoms with Gasteiger partial charge < -0.3 is 19.3 Å². The molecule has 32 heavy (non-hydrogen) atoms. The predicted octanol–water partition coefficient (Wildman–Crippen LogP) is 2.10. The fraction of sp³-hybridized carbons (Fsp3) is 0.409. The van der Waals surface area contributed by atoms with E-state index >= 15 is 0 Å². The largest absolute Gasteiger partial charge is 0.486 e. The van der Waals surface area contributed by atoms with Crippen molar-refractivity contribution in [1.29, 1.82) is 0 Å². The average molecular weight is 464 g/mol. The van der Waals surface area contributed by atoms with Gasteiger partial charge in [-0.2, -0.15) is 0 Å². The van der Waals surface area contributed by atoms with Gasteiger partial charge in [0.15, 0.2) is 11.5 Å². The number of anilines is 2. The first-order valence-corrected chi connectivity index (χ1v) is 12.3. The number of nitrogens with zero attached hydrogens (tertiary/aromatic N) is 3. The third-order valence-corrected chi connectivity index (χ3v) is 6.87. The van der Waals surface area contributed by atoms with Crippen LogP contribution in [-0.2, 0) is 14.8 Å². The Labute approximate surface area is 187 Å². The van der Waals surface area contributed by atoms with E-state index < -0.39 is 16.1 Å². The monoisotopic (exact) mass is 463 g/mol.